The summed E-state index contributed by atoms with van der Waals surface area (Å²) in [4.78, 5) is 12.6. The van der Waals surface area contributed by atoms with Gasteiger partial charge in [-0.3, -0.25) is 4.79 Å². The third kappa shape index (κ3) is 7.47. The van der Waals surface area contributed by atoms with Crippen LogP contribution in [0.2, 0.25) is 0 Å². The molecule has 1 N–H and O–H groups in total. The van der Waals surface area contributed by atoms with Gasteiger partial charge in [0.15, 0.2) is 5.76 Å². The Balaban J connectivity index is 1.13. The van der Waals surface area contributed by atoms with Crippen molar-refractivity contribution >= 4 is 57.3 Å². The number of nitrogens with zero attached hydrogens (tertiary/aromatic N) is 3. The van der Waals surface area contributed by atoms with E-state index in [9.17, 15) is 10.1 Å². The molecule has 0 unspecified atom stereocenters. The van der Waals surface area contributed by atoms with Gasteiger partial charge in [0.1, 0.15) is 30.5 Å². The third-order valence-electron chi connectivity index (χ3n) is 6.54. The van der Waals surface area contributed by atoms with Crippen LogP contribution in [0.5, 0.6) is 11.5 Å². The first-order chi connectivity index (χ1) is 20.8. The Morgan fingerprint density at radius 3 is 2.35 bits per heavy atom. The Morgan fingerprint density at radius 1 is 0.953 bits per heavy atom. The van der Waals surface area contributed by atoms with Crippen LogP contribution in [0.15, 0.2) is 94.4 Å². The number of halogens is 2. The molecule has 0 aliphatic carbocycles. The molecule has 43 heavy (non-hydrogen) atoms. The fraction of sp³-hybridized carbons (Fsp3) is 0.121. The molecule has 0 aliphatic heterocycles. The Bertz CT molecular complexity index is 1790. The largest absolute Gasteiger partial charge is 0.487 e. The first-order valence-corrected chi connectivity index (χ1v) is 15.4. The Hall–Kier alpha value is -4.09. The molecule has 0 aliphatic rings. The van der Waals surface area contributed by atoms with E-state index in [0.717, 1.165) is 29.7 Å². The lowest BCUT2D eigenvalue weighted by Gasteiger charge is -2.12. The number of carbonyl (C=O) groups is 1. The number of carbonyl (C=O) groups excluding carboxylic acids is 1. The molecule has 0 fully saturated rings. The number of aromatic nitrogens is 1. The molecule has 8 nitrogen and oxygen atoms in total. The van der Waals surface area contributed by atoms with Crippen molar-refractivity contribution in [2.75, 3.05) is 0 Å². The number of aryl methyl sites for hydroxylation is 2. The molecule has 216 valence electrons. The quantitative estimate of drug-likeness (QED) is 0.0888. The summed E-state index contributed by atoms with van der Waals surface area (Å²) in [6.07, 6.45) is 1.56. The molecule has 5 aromatic rings. The van der Waals surface area contributed by atoms with E-state index >= 15 is 0 Å². The van der Waals surface area contributed by atoms with Crippen molar-refractivity contribution in [1.82, 2.24) is 9.99 Å². The molecule has 2 aromatic heterocycles. The predicted octanol–water partition coefficient (Wildman–Crippen LogP) is 7.69. The van der Waals surface area contributed by atoms with Crippen molar-refractivity contribution in [2.45, 2.75) is 27.1 Å². The second-order valence-electron chi connectivity index (χ2n) is 9.57. The van der Waals surface area contributed by atoms with E-state index in [0.29, 0.717) is 17.1 Å². The Kier molecular flexibility index (Phi) is 9.83. The normalized spacial score (nSPS) is 11.0. The highest BCUT2D eigenvalue weighted by molar-refractivity contribution is 14.1. The average molecular weight is 796 g/mol. The second kappa shape index (κ2) is 13.9. The van der Waals surface area contributed by atoms with E-state index in [1.165, 1.54) is 11.4 Å². The highest BCUT2D eigenvalue weighted by atomic mass is 127. The maximum absolute atomic E-state index is 12.6. The van der Waals surface area contributed by atoms with E-state index in [1.54, 1.807) is 24.4 Å². The number of hydrazone groups is 1. The molecule has 0 saturated carbocycles. The van der Waals surface area contributed by atoms with Gasteiger partial charge in [-0.25, -0.2) is 5.43 Å². The number of amides is 1. The summed E-state index contributed by atoms with van der Waals surface area (Å²) in [5, 5.41) is 13.4. The predicted molar refractivity (Wildman–Crippen MR) is 181 cm³/mol. The molecule has 2 heterocycles. The van der Waals surface area contributed by atoms with Crippen LogP contribution in [0.25, 0.3) is 5.69 Å². The molecule has 5 rings (SSSR count). The van der Waals surface area contributed by atoms with Gasteiger partial charge in [-0.2, -0.15) is 10.4 Å². The van der Waals surface area contributed by atoms with Crippen LogP contribution in [0.4, 0.5) is 0 Å². The number of nitriles is 1. The van der Waals surface area contributed by atoms with Gasteiger partial charge in [0.2, 0.25) is 0 Å². The molecule has 1 amide bonds. The van der Waals surface area contributed by atoms with Crippen molar-refractivity contribution in [1.29, 1.82) is 5.26 Å². The van der Waals surface area contributed by atoms with Crippen LogP contribution in [-0.4, -0.2) is 16.7 Å². The molecule has 10 heteroatoms. The van der Waals surface area contributed by atoms with Gasteiger partial charge < -0.3 is 18.5 Å². The van der Waals surface area contributed by atoms with Crippen LogP contribution in [0, 0.1) is 32.3 Å². The first-order valence-electron chi connectivity index (χ1n) is 13.2. The van der Waals surface area contributed by atoms with Gasteiger partial charge in [-0.15, -0.1) is 0 Å². The lowest BCUT2D eigenvalue weighted by Crippen LogP contribution is -2.16. The molecule has 0 bridgehead atoms. The number of rotatable bonds is 10. The standard InChI is InChI=1S/C33H26I2N4O4/c1-21-7-8-22(2)39(21)26-9-11-27(12-10-26)41-20-28-13-14-31(43-28)33(40)38-37-18-23-15-29(34)32(30(35)16-23)42-19-25-6-4-3-5-24(25)17-36/h3-16,18H,19-20H2,1-2H3,(H,38,40)/b37-18+. The van der Waals surface area contributed by atoms with E-state index in [-0.39, 0.29) is 19.0 Å². The summed E-state index contributed by atoms with van der Waals surface area (Å²) in [6.45, 7) is 4.62. The maximum atomic E-state index is 12.6. The van der Waals surface area contributed by atoms with Gasteiger partial charge in [0.05, 0.1) is 25.0 Å². The smallest absolute Gasteiger partial charge is 0.307 e. The number of furan rings is 1. The van der Waals surface area contributed by atoms with Crippen LogP contribution in [0.3, 0.4) is 0 Å². The lowest BCUT2D eigenvalue weighted by molar-refractivity contribution is 0.0923. The molecule has 0 spiro atoms. The van der Waals surface area contributed by atoms with E-state index in [2.05, 4.69) is 92.3 Å². The number of ether oxygens (including phenoxy) is 2. The molecule has 3 aromatic carbocycles. The first kappa shape index (κ1) is 30.4. The second-order valence-corrected chi connectivity index (χ2v) is 11.9. The molecule has 0 radical (unpaired) electrons. The average Bonchev–Trinajstić information content (AvgIpc) is 3.62. The van der Waals surface area contributed by atoms with Crippen molar-refractivity contribution in [3.05, 3.63) is 132 Å². The minimum absolute atomic E-state index is 0.134. The number of benzene rings is 3. The van der Waals surface area contributed by atoms with Crippen molar-refractivity contribution < 1.29 is 18.7 Å². The Labute approximate surface area is 276 Å². The summed E-state index contributed by atoms with van der Waals surface area (Å²) >= 11 is 4.39. The summed E-state index contributed by atoms with van der Waals surface area (Å²) in [7, 11) is 0. The highest BCUT2D eigenvalue weighted by Gasteiger charge is 2.13. The molecule has 0 atom stereocenters. The van der Waals surface area contributed by atoms with Crippen LogP contribution < -0.4 is 14.9 Å². The van der Waals surface area contributed by atoms with Gasteiger partial charge in [-0.1, -0.05) is 18.2 Å². The van der Waals surface area contributed by atoms with Crippen molar-refractivity contribution in [3.63, 3.8) is 0 Å². The van der Waals surface area contributed by atoms with Gasteiger partial charge in [0.25, 0.3) is 0 Å². The summed E-state index contributed by atoms with van der Waals surface area (Å²) in [5.41, 5.74) is 8.11. The zero-order valence-corrected chi connectivity index (χ0v) is 27.6. The molecular formula is C33H26I2N4O4. The maximum Gasteiger partial charge on any atom is 0.307 e. The fourth-order valence-electron chi connectivity index (χ4n) is 4.42. The fourth-order valence-corrected chi connectivity index (χ4v) is 6.54. The summed E-state index contributed by atoms with van der Waals surface area (Å²) < 4.78 is 21.5. The lowest BCUT2D eigenvalue weighted by atomic mass is 10.1. The number of hydrogen-bond acceptors (Lipinski definition) is 6. The highest BCUT2D eigenvalue weighted by Crippen LogP contribution is 2.29. The van der Waals surface area contributed by atoms with Crippen molar-refractivity contribution in [2.24, 2.45) is 5.10 Å². The van der Waals surface area contributed by atoms with E-state index in [4.69, 9.17) is 13.9 Å². The zero-order valence-electron chi connectivity index (χ0n) is 23.3. The SMILES string of the molecule is Cc1ccc(C)n1-c1ccc(OCc2ccc(C(=O)N/N=C/c3cc(I)c(OCc4ccccc4C#N)c(I)c3)o2)cc1. The van der Waals surface area contributed by atoms with Gasteiger partial charge in [-0.05, 0) is 131 Å². The third-order valence-corrected chi connectivity index (χ3v) is 8.15. The molecular weight excluding hydrogens is 770 g/mol. The van der Waals surface area contributed by atoms with Gasteiger partial charge >= 0.3 is 5.91 Å². The van der Waals surface area contributed by atoms with Crippen LogP contribution in [0.1, 0.15) is 44.4 Å². The van der Waals surface area contributed by atoms with E-state index in [1.807, 2.05) is 54.6 Å². The topological polar surface area (TPSA) is 102 Å². The minimum Gasteiger partial charge on any atom is -0.487 e. The minimum atomic E-state index is -0.468. The number of nitrogens with one attached hydrogen (secondary N) is 1. The monoisotopic (exact) mass is 796 g/mol. The number of hydrogen-bond donors (Lipinski definition) is 1. The van der Waals surface area contributed by atoms with Gasteiger partial charge in [0, 0.05) is 22.6 Å². The van der Waals surface area contributed by atoms with Crippen LogP contribution in [-0.2, 0) is 13.2 Å². The molecule has 0 saturated heterocycles. The summed E-state index contributed by atoms with van der Waals surface area (Å²) in [5.74, 6) is 1.61. The van der Waals surface area contributed by atoms with Crippen LogP contribution >= 0.6 is 45.2 Å². The van der Waals surface area contributed by atoms with Crippen molar-refractivity contribution in [3.8, 4) is 23.3 Å². The zero-order chi connectivity index (χ0) is 30.3. The Morgan fingerprint density at radius 2 is 1.65 bits per heavy atom. The summed E-state index contributed by atoms with van der Waals surface area (Å²) in [6, 6.07) is 28.7. The van der Waals surface area contributed by atoms with E-state index < -0.39 is 5.91 Å².